The van der Waals surface area contributed by atoms with Crippen molar-refractivity contribution in [3.63, 3.8) is 0 Å². The number of amides is 2. The summed E-state index contributed by atoms with van der Waals surface area (Å²) < 4.78 is 49.0. The zero-order valence-corrected chi connectivity index (χ0v) is 27.7. The molecule has 1 fully saturated rings. The van der Waals surface area contributed by atoms with Crippen molar-refractivity contribution in [1.82, 2.24) is 28.6 Å². The number of nitrogens with one attached hydrogen (secondary N) is 1. The maximum absolute atomic E-state index is 14.2. The van der Waals surface area contributed by atoms with Crippen LogP contribution in [0.15, 0.2) is 46.1 Å². The molecule has 0 spiro atoms. The van der Waals surface area contributed by atoms with Crippen LogP contribution >= 0.6 is 11.6 Å². The molecule has 3 aromatic heterocycles. The van der Waals surface area contributed by atoms with Crippen molar-refractivity contribution in [2.45, 2.75) is 32.5 Å². The lowest BCUT2D eigenvalue weighted by Gasteiger charge is -2.37. The van der Waals surface area contributed by atoms with E-state index in [0.717, 1.165) is 34.4 Å². The summed E-state index contributed by atoms with van der Waals surface area (Å²) in [6.45, 7) is 2.86. The number of aryl methyl sites for hydroxylation is 1. The Hall–Kier alpha value is -5.16. The summed E-state index contributed by atoms with van der Waals surface area (Å²) in [7, 11) is 1.54. The number of aromatic hydroxyl groups is 1. The van der Waals surface area contributed by atoms with Crippen LogP contribution in [0.2, 0.25) is 5.02 Å². The van der Waals surface area contributed by atoms with Gasteiger partial charge in [-0.3, -0.25) is 19.2 Å². The number of pyridine rings is 1. The van der Waals surface area contributed by atoms with E-state index in [0.29, 0.717) is 25.3 Å². The summed E-state index contributed by atoms with van der Waals surface area (Å²) in [5.41, 5.74) is -0.882. The van der Waals surface area contributed by atoms with E-state index < -0.39 is 46.8 Å². The Bertz CT molecular complexity index is 2150. The van der Waals surface area contributed by atoms with Crippen LogP contribution in [0.5, 0.6) is 5.75 Å². The molecule has 1 saturated heterocycles. The molecule has 2 aliphatic rings. The Balaban J connectivity index is 1.35. The zero-order chi connectivity index (χ0) is 35.9. The van der Waals surface area contributed by atoms with Gasteiger partial charge < -0.3 is 34.1 Å². The lowest BCUT2D eigenvalue weighted by molar-refractivity contribution is -0.137. The third kappa shape index (κ3) is 6.57. The first kappa shape index (κ1) is 34.7. The number of halogens is 4. The van der Waals surface area contributed by atoms with Gasteiger partial charge >= 0.3 is 6.18 Å². The highest BCUT2D eigenvalue weighted by atomic mass is 35.5. The number of anilines is 2. The molecule has 5 heterocycles. The van der Waals surface area contributed by atoms with Crippen LogP contribution in [0.25, 0.3) is 11.4 Å². The number of hydrogen-bond acceptors (Lipinski definition) is 9. The summed E-state index contributed by atoms with van der Waals surface area (Å²) in [5.74, 6) is -1.47. The number of alkyl halides is 3. The van der Waals surface area contributed by atoms with E-state index in [1.807, 2.05) is 6.08 Å². The number of ether oxygens (including phenoxy) is 1. The normalized spacial score (nSPS) is 15.4. The topological polar surface area (TPSA) is 156 Å². The van der Waals surface area contributed by atoms with Gasteiger partial charge in [0.25, 0.3) is 11.5 Å². The second-order valence-corrected chi connectivity index (χ2v) is 12.2. The molecule has 1 aromatic carbocycles. The van der Waals surface area contributed by atoms with Gasteiger partial charge in [-0.25, -0.2) is 0 Å². The molecule has 264 valence electrons. The predicted molar refractivity (Wildman–Crippen MR) is 177 cm³/mol. The van der Waals surface area contributed by atoms with Crippen LogP contribution in [-0.4, -0.2) is 84.9 Å². The lowest BCUT2D eigenvalue weighted by atomic mass is 10.1. The maximum atomic E-state index is 14.2. The van der Waals surface area contributed by atoms with Crippen molar-refractivity contribution in [3.8, 4) is 5.75 Å². The average molecular weight is 717 g/mol. The van der Waals surface area contributed by atoms with Gasteiger partial charge in [-0.05, 0) is 36.6 Å². The predicted octanol–water partition coefficient (Wildman–Crippen LogP) is 2.93. The van der Waals surface area contributed by atoms with Gasteiger partial charge in [0.15, 0.2) is 17.3 Å². The van der Waals surface area contributed by atoms with Gasteiger partial charge in [0, 0.05) is 45.5 Å². The summed E-state index contributed by atoms with van der Waals surface area (Å²) in [5, 5.41) is 17.1. The number of aromatic nitrogens is 5. The van der Waals surface area contributed by atoms with E-state index in [1.165, 1.54) is 27.3 Å². The van der Waals surface area contributed by atoms with Gasteiger partial charge in [0.1, 0.15) is 12.2 Å². The first-order chi connectivity index (χ1) is 23.8. The quantitative estimate of drug-likeness (QED) is 0.294. The summed E-state index contributed by atoms with van der Waals surface area (Å²) in [6.07, 6.45) is -0.644. The minimum atomic E-state index is -4.62. The van der Waals surface area contributed by atoms with E-state index in [1.54, 1.807) is 11.8 Å². The van der Waals surface area contributed by atoms with Crippen molar-refractivity contribution in [2.24, 2.45) is 7.05 Å². The molecule has 6 rings (SSSR count). The van der Waals surface area contributed by atoms with E-state index in [9.17, 15) is 37.5 Å². The third-order valence-corrected chi connectivity index (χ3v) is 8.94. The van der Waals surface area contributed by atoms with E-state index in [-0.39, 0.29) is 66.3 Å². The summed E-state index contributed by atoms with van der Waals surface area (Å²) >= 11 is 6.10. The molecule has 0 atom stereocenters. The Morgan fingerprint density at radius 2 is 1.86 bits per heavy atom. The van der Waals surface area contributed by atoms with Crippen LogP contribution in [0.3, 0.4) is 0 Å². The SMILES string of the molecule is CCc1c(N2CCN(C(=O)c3c(O)c(=O)ccn3C)CC2)c(=O)n2nc(C3=CCOCC3)nc2n1CC(=O)Nc1ccc(C(F)(F)F)cc1Cl. The van der Waals surface area contributed by atoms with Crippen molar-refractivity contribution in [1.29, 1.82) is 0 Å². The van der Waals surface area contributed by atoms with Gasteiger partial charge in [-0.15, -0.1) is 5.10 Å². The highest BCUT2D eigenvalue weighted by Crippen LogP contribution is 2.34. The molecule has 0 bridgehead atoms. The number of nitrogens with zero attached hydrogens (tertiary/aromatic N) is 7. The van der Waals surface area contributed by atoms with Crippen LogP contribution in [0.4, 0.5) is 24.5 Å². The fourth-order valence-corrected chi connectivity index (χ4v) is 6.30. The molecule has 2 aliphatic heterocycles. The highest BCUT2D eigenvalue weighted by Gasteiger charge is 2.32. The number of piperazine rings is 1. The second kappa shape index (κ2) is 13.6. The number of hydrogen-bond donors (Lipinski definition) is 2. The molecule has 4 aromatic rings. The van der Waals surface area contributed by atoms with Crippen LogP contribution < -0.4 is 21.2 Å². The Morgan fingerprint density at radius 1 is 1.12 bits per heavy atom. The van der Waals surface area contributed by atoms with Crippen LogP contribution in [0, 0.1) is 0 Å². The lowest BCUT2D eigenvalue weighted by Crippen LogP contribution is -2.51. The zero-order valence-electron chi connectivity index (χ0n) is 27.0. The molecule has 14 nitrogen and oxygen atoms in total. The van der Waals surface area contributed by atoms with Crippen molar-refractivity contribution >= 4 is 46.1 Å². The van der Waals surface area contributed by atoms with Crippen molar-refractivity contribution in [3.05, 3.63) is 84.9 Å². The molecule has 2 amide bonds. The van der Waals surface area contributed by atoms with E-state index in [2.05, 4.69) is 15.4 Å². The molecule has 0 aliphatic carbocycles. The Kier molecular flexibility index (Phi) is 9.46. The van der Waals surface area contributed by atoms with E-state index >= 15 is 0 Å². The van der Waals surface area contributed by atoms with Gasteiger partial charge in [0.2, 0.25) is 17.1 Å². The number of carbonyl (C=O) groups is 2. The van der Waals surface area contributed by atoms with Gasteiger partial charge in [0.05, 0.1) is 35.2 Å². The van der Waals surface area contributed by atoms with Crippen LogP contribution in [-0.2, 0) is 35.7 Å². The minimum absolute atomic E-state index is 0.0303. The van der Waals surface area contributed by atoms with Crippen molar-refractivity contribution in [2.75, 3.05) is 49.6 Å². The summed E-state index contributed by atoms with van der Waals surface area (Å²) in [6, 6.07) is 3.75. The van der Waals surface area contributed by atoms with Gasteiger partial charge in [-0.2, -0.15) is 22.7 Å². The Morgan fingerprint density at radius 3 is 2.50 bits per heavy atom. The monoisotopic (exact) mass is 716 g/mol. The van der Waals surface area contributed by atoms with Gasteiger partial charge in [-0.1, -0.05) is 24.6 Å². The maximum Gasteiger partial charge on any atom is 0.416 e. The average Bonchev–Trinajstić information content (AvgIpc) is 3.55. The molecule has 0 unspecified atom stereocenters. The number of rotatable bonds is 7. The first-order valence-electron chi connectivity index (χ1n) is 15.7. The van der Waals surface area contributed by atoms with Crippen LogP contribution in [0.1, 0.15) is 40.9 Å². The number of fused-ring (bicyclic) bond motifs is 1. The smallest absolute Gasteiger partial charge is 0.416 e. The van der Waals surface area contributed by atoms with Crippen molar-refractivity contribution < 1.29 is 32.6 Å². The molecular formula is C32H32ClF3N8O6. The fourth-order valence-electron chi connectivity index (χ4n) is 6.07. The largest absolute Gasteiger partial charge is 0.503 e. The molecular weight excluding hydrogens is 685 g/mol. The summed E-state index contributed by atoms with van der Waals surface area (Å²) in [4.78, 5) is 60.9. The second-order valence-electron chi connectivity index (χ2n) is 11.7. The molecule has 0 radical (unpaired) electrons. The van der Waals surface area contributed by atoms with E-state index in [4.69, 9.17) is 16.3 Å². The Labute approximate surface area is 286 Å². The number of benzene rings is 1. The first-order valence-corrected chi connectivity index (χ1v) is 16.0. The highest BCUT2D eigenvalue weighted by molar-refractivity contribution is 6.33. The standard InChI is InChI=1S/C32H32ClF3N8O6/c1-3-22-25(41-10-12-42(13-11-41)29(48)26-27(47)23(45)6-9-40(26)2)30(49)44-31(38-28(39-44)18-7-14-50-15-8-18)43(22)17-24(46)37-21-5-4-19(16-20(21)33)32(34,35)36/h4-7,9,16,47H,3,8,10-15,17H2,1-2H3,(H,37,46). The molecule has 50 heavy (non-hydrogen) atoms. The fraction of sp³-hybridized carbons (Fsp3) is 0.375. The molecule has 18 heteroatoms. The number of carbonyl (C=O) groups excluding carboxylic acids is 2. The minimum Gasteiger partial charge on any atom is -0.503 e. The third-order valence-electron chi connectivity index (χ3n) is 8.63. The molecule has 2 N–H and O–H groups in total. The molecule has 0 saturated carbocycles.